The van der Waals surface area contributed by atoms with Crippen LogP contribution in [0.1, 0.15) is 24.2 Å². The van der Waals surface area contributed by atoms with E-state index in [4.69, 9.17) is 8.83 Å². The number of hydrogen-bond acceptors (Lipinski definition) is 6. The molecule has 0 aliphatic carbocycles. The van der Waals surface area contributed by atoms with Crippen molar-refractivity contribution in [3.63, 3.8) is 0 Å². The number of hydrogen-bond donors (Lipinski definition) is 1. The van der Waals surface area contributed by atoms with Gasteiger partial charge in [0.1, 0.15) is 6.54 Å². The molecule has 0 atom stereocenters. The number of carbonyl (C=O) groups is 2. The molecule has 1 N–H and O–H groups in total. The molecule has 9 heteroatoms. The van der Waals surface area contributed by atoms with Gasteiger partial charge >= 0.3 is 5.76 Å². The molecule has 0 radical (unpaired) electrons. The van der Waals surface area contributed by atoms with Crippen LogP contribution >= 0.6 is 0 Å². The normalized spacial score (nSPS) is 10.6. The molecule has 9 nitrogen and oxygen atoms in total. The molecule has 0 aliphatic rings. The summed E-state index contributed by atoms with van der Waals surface area (Å²) in [5.74, 6) is -0.986. The molecule has 0 saturated carbocycles. The SMILES string of the molecule is CCN(CC)C(=O)c1ccc(NC(=O)Cn2nc(-c3ccco3)oc2=O)cc1. The van der Waals surface area contributed by atoms with Crippen LogP contribution in [0.3, 0.4) is 0 Å². The summed E-state index contributed by atoms with van der Waals surface area (Å²) >= 11 is 0. The van der Waals surface area contributed by atoms with Gasteiger partial charge in [-0.1, -0.05) is 0 Å². The smallest absolute Gasteiger partial charge is 0.437 e. The van der Waals surface area contributed by atoms with Crippen molar-refractivity contribution in [3.05, 3.63) is 58.8 Å². The Morgan fingerprint density at radius 3 is 2.46 bits per heavy atom. The Morgan fingerprint density at radius 1 is 1.14 bits per heavy atom. The molecule has 2 aromatic heterocycles. The van der Waals surface area contributed by atoms with Crippen molar-refractivity contribution in [2.75, 3.05) is 18.4 Å². The number of carbonyl (C=O) groups excluding carboxylic acids is 2. The summed E-state index contributed by atoms with van der Waals surface area (Å²) in [6.45, 7) is 4.77. The van der Waals surface area contributed by atoms with Crippen LogP contribution in [0.4, 0.5) is 5.69 Å². The van der Waals surface area contributed by atoms with Crippen molar-refractivity contribution in [3.8, 4) is 11.7 Å². The first-order chi connectivity index (χ1) is 13.5. The van der Waals surface area contributed by atoms with Crippen LogP contribution in [0.25, 0.3) is 11.7 Å². The third-order valence-corrected chi connectivity index (χ3v) is 4.10. The van der Waals surface area contributed by atoms with E-state index < -0.39 is 11.7 Å². The van der Waals surface area contributed by atoms with E-state index in [2.05, 4.69) is 10.4 Å². The van der Waals surface area contributed by atoms with Gasteiger partial charge in [0.2, 0.25) is 5.91 Å². The Morgan fingerprint density at radius 2 is 1.86 bits per heavy atom. The van der Waals surface area contributed by atoms with Crippen LogP contribution in [0.2, 0.25) is 0 Å². The zero-order valence-corrected chi connectivity index (χ0v) is 15.5. The van der Waals surface area contributed by atoms with Crippen molar-refractivity contribution >= 4 is 17.5 Å². The van der Waals surface area contributed by atoms with Crippen molar-refractivity contribution in [2.24, 2.45) is 0 Å². The molecule has 2 heterocycles. The van der Waals surface area contributed by atoms with Gasteiger partial charge in [0.15, 0.2) is 5.76 Å². The second-order valence-corrected chi connectivity index (χ2v) is 5.91. The summed E-state index contributed by atoms with van der Waals surface area (Å²) in [6.07, 6.45) is 1.43. The van der Waals surface area contributed by atoms with Crippen molar-refractivity contribution < 1.29 is 18.4 Å². The molecule has 0 unspecified atom stereocenters. The van der Waals surface area contributed by atoms with Crippen molar-refractivity contribution in [1.82, 2.24) is 14.7 Å². The second-order valence-electron chi connectivity index (χ2n) is 5.91. The molecule has 0 saturated heterocycles. The lowest BCUT2D eigenvalue weighted by Gasteiger charge is -2.18. The highest BCUT2D eigenvalue weighted by atomic mass is 16.4. The van der Waals surface area contributed by atoms with Crippen LogP contribution < -0.4 is 11.1 Å². The summed E-state index contributed by atoms with van der Waals surface area (Å²) in [5.41, 5.74) is 1.04. The lowest BCUT2D eigenvalue weighted by Crippen LogP contribution is -2.30. The summed E-state index contributed by atoms with van der Waals surface area (Å²) < 4.78 is 11.0. The van der Waals surface area contributed by atoms with Gasteiger partial charge in [-0.25, -0.2) is 4.79 Å². The van der Waals surface area contributed by atoms with Crippen LogP contribution in [0.5, 0.6) is 0 Å². The van der Waals surface area contributed by atoms with Gasteiger partial charge in [0.25, 0.3) is 11.8 Å². The number of furan rings is 1. The first-order valence-corrected chi connectivity index (χ1v) is 8.82. The van der Waals surface area contributed by atoms with E-state index in [1.54, 1.807) is 41.3 Å². The largest absolute Gasteiger partial charge is 0.459 e. The van der Waals surface area contributed by atoms with Gasteiger partial charge in [-0.3, -0.25) is 9.59 Å². The van der Waals surface area contributed by atoms with E-state index >= 15 is 0 Å². The third kappa shape index (κ3) is 4.20. The predicted molar refractivity (Wildman–Crippen MR) is 101 cm³/mol. The van der Waals surface area contributed by atoms with Gasteiger partial charge in [0.05, 0.1) is 6.26 Å². The molecular weight excluding hydrogens is 364 g/mol. The maximum atomic E-state index is 12.3. The maximum absolute atomic E-state index is 12.3. The number of anilines is 1. The quantitative estimate of drug-likeness (QED) is 0.669. The van der Waals surface area contributed by atoms with Gasteiger partial charge < -0.3 is 19.1 Å². The lowest BCUT2D eigenvalue weighted by molar-refractivity contribution is -0.117. The zero-order chi connectivity index (χ0) is 20.1. The highest BCUT2D eigenvalue weighted by Crippen LogP contribution is 2.15. The Kier molecular flexibility index (Phi) is 5.73. The second kappa shape index (κ2) is 8.38. The van der Waals surface area contributed by atoms with Crippen LogP contribution in [-0.4, -0.2) is 39.6 Å². The Balaban J connectivity index is 1.64. The van der Waals surface area contributed by atoms with Crippen LogP contribution in [-0.2, 0) is 11.3 Å². The maximum Gasteiger partial charge on any atom is 0.437 e. The molecule has 0 spiro atoms. The topological polar surface area (TPSA) is 111 Å². The van der Waals surface area contributed by atoms with Crippen LogP contribution in [0.15, 0.2) is 56.3 Å². The average molecular weight is 384 g/mol. The molecule has 3 rings (SSSR count). The minimum absolute atomic E-state index is 0.00191. The zero-order valence-electron chi connectivity index (χ0n) is 15.5. The van der Waals surface area contributed by atoms with E-state index in [0.29, 0.717) is 30.1 Å². The standard InChI is InChI=1S/C19H20N4O5/c1-3-22(4-2)18(25)13-7-9-14(10-8-13)20-16(24)12-23-19(26)28-17(21-23)15-6-5-11-27-15/h5-11H,3-4,12H2,1-2H3,(H,20,24). The average Bonchev–Trinajstić information content (AvgIpc) is 3.33. The van der Waals surface area contributed by atoms with E-state index in [1.165, 1.54) is 6.26 Å². The summed E-state index contributed by atoms with van der Waals surface area (Å²) in [6, 6.07) is 9.79. The van der Waals surface area contributed by atoms with Gasteiger partial charge in [-0.05, 0) is 50.2 Å². The van der Waals surface area contributed by atoms with Crippen LogP contribution in [0, 0.1) is 0 Å². The Bertz CT molecular complexity index is 998. The fourth-order valence-electron chi connectivity index (χ4n) is 2.63. The molecule has 1 aromatic carbocycles. The van der Waals surface area contributed by atoms with Gasteiger partial charge in [0, 0.05) is 24.3 Å². The third-order valence-electron chi connectivity index (χ3n) is 4.10. The number of rotatable bonds is 7. The first-order valence-electron chi connectivity index (χ1n) is 8.82. The Hall–Kier alpha value is -3.62. The molecule has 0 fully saturated rings. The summed E-state index contributed by atoms with van der Waals surface area (Å²) in [7, 11) is 0. The van der Waals surface area contributed by atoms with Gasteiger partial charge in [-0.2, -0.15) is 4.68 Å². The van der Waals surface area contributed by atoms with E-state index in [0.717, 1.165) is 4.68 Å². The fraction of sp³-hybridized carbons (Fsp3) is 0.263. The monoisotopic (exact) mass is 384 g/mol. The van der Waals surface area contributed by atoms with E-state index in [1.807, 2.05) is 13.8 Å². The van der Waals surface area contributed by atoms with E-state index in [9.17, 15) is 14.4 Å². The first kappa shape index (κ1) is 19.2. The minimum Gasteiger partial charge on any atom is -0.459 e. The fourth-order valence-corrected chi connectivity index (χ4v) is 2.63. The molecule has 2 amide bonds. The molecule has 146 valence electrons. The van der Waals surface area contributed by atoms with Crippen molar-refractivity contribution in [1.29, 1.82) is 0 Å². The summed E-state index contributed by atoms with van der Waals surface area (Å²) in [5, 5.41) is 6.60. The van der Waals surface area contributed by atoms with Crippen molar-refractivity contribution in [2.45, 2.75) is 20.4 Å². The number of nitrogens with zero attached hydrogens (tertiary/aromatic N) is 3. The lowest BCUT2D eigenvalue weighted by atomic mass is 10.1. The van der Waals surface area contributed by atoms with E-state index in [-0.39, 0.29) is 18.3 Å². The number of benzene rings is 1. The summed E-state index contributed by atoms with van der Waals surface area (Å²) in [4.78, 5) is 38.0. The highest BCUT2D eigenvalue weighted by Gasteiger charge is 2.16. The molecule has 28 heavy (non-hydrogen) atoms. The minimum atomic E-state index is -0.762. The Labute approximate surface area is 160 Å². The highest BCUT2D eigenvalue weighted by molar-refractivity contribution is 5.95. The van der Waals surface area contributed by atoms with Gasteiger partial charge in [-0.15, -0.1) is 5.10 Å². The number of nitrogens with one attached hydrogen (secondary N) is 1. The molecule has 3 aromatic rings. The number of amides is 2. The molecule has 0 bridgehead atoms. The number of aromatic nitrogens is 2. The molecular formula is C19H20N4O5. The predicted octanol–water partition coefficient (Wildman–Crippen LogP) is 2.22. The molecule has 0 aliphatic heterocycles.